The molecule has 28 heavy (non-hydrogen) atoms. The van der Waals surface area contributed by atoms with Crippen LogP contribution in [0.15, 0.2) is 47.6 Å². The Bertz CT molecular complexity index is 1050. The van der Waals surface area contributed by atoms with Crippen LogP contribution in [-0.2, 0) is 14.8 Å². The first kappa shape index (κ1) is 19.4. The minimum Gasteiger partial charge on any atom is -0.354 e. The predicted octanol–water partition coefficient (Wildman–Crippen LogP) is 0.363. The van der Waals surface area contributed by atoms with Crippen molar-refractivity contribution in [1.82, 2.24) is 14.6 Å². The summed E-state index contributed by atoms with van der Waals surface area (Å²) in [6.07, 6.45) is 2.28. The van der Waals surface area contributed by atoms with Crippen LogP contribution >= 0.6 is 0 Å². The quantitative estimate of drug-likeness (QED) is 0.538. The van der Waals surface area contributed by atoms with Gasteiger partial charge in [-0.3, -0.25) is 24.7 Å². The fourth-order valence-corrected chi connectivity index (χ4v) is 4.04. The van der Waals surface area contributed by atoms with Crippen molar-refractivity contribution in [3.63, 3.8) is 0 Å². The van der Waals surface area contributed by atoms with E-state index < -0.39 is 26.8 Å². The van der Waals surface area contributed by atoms with E-state index in [0.29, 0.717) is 0 Å². The van der Waals surface area contributed by atoms with E-state index in [1.54, 1.807) is 0 Å². The molecular weight excluding hydrogens is 390 g/mol. The summed E-state index contributed by atoms with van der Waals surface area (Å²) in [7, 11) is -3.97. The van der Waals surface area contributed by atoms with E-state index in [2.05, 4.69) is 15.6 Å². The lowest BCUT2D eigenvalue weighted by Crippen LogP contribution is -2.49. The van der Waals surface area contributed by atoms with Crippen LogP contribution < -0.4 is 10.6 Å². The molecule has 0 bridgehead atoms. The van der Waals surface area contributed by atoms with Gasteiger partial charge in [0, 0.05) is 24.8 Å². The van der Waals surface area contributed by atoms with Crippen LogP contribution in [0, 0.1) is 10.1 Å². The summed E-state index contributed by atoms with van der Waals surface area (Å²) >= 11 is 0. The van der Waals surface area contributed by atoms with E-state index in [0.717, 1.165) is 16.6 Å². The summed E-state index contributed by atoms with van der Waals surface area (Å²) in [5.41, 5.74) is -0.460. The number of piperazine rings is 1. The van der Waals surface area contributed by atoms with E-state index in [9.17, 15) is 28.1 Å². The number of benzene rings is 1. The standard InChI is InChI=1S/C16H15N5O6S/c22-15-10-20(7-6-18-15)28(26,27)12-3-1-2-11(8-12)16(23)19-13-4-5-17-9-14(13)21(24)25/h1-5,8-9H,6-7,10H2,(H,18,22)(H,17,19,23). The lowest BCUT2D eigenvalue weighted by Gasteiger charge is -2.26. The second-order valence-corrected chi connectivity index (χ2v) is 7.76. The number of hydrogen-bond acceptors (Lipinski definition) is 7. The fraction of sp³-hybridized carbons (Fsp3) is 0.188. The first-order valence-electron chi connectivity index (χ1n) is 8.06. The van der Waals surface area contributed by atoms with Crippen molar-refractivity contribution in [3.8, 4) is 0 Å². The Kier molecular flexibility index (Phi) is 5.33. The second-order valence-electron chi connectivity index (χ2n) is 5.82. The van der Waals surface area contributed by atoms with Gasteiger partial charge in [-0.2, -0.15) is 4.31 Å². The topological polar surface area (TPSA) is 152 Å². The van der Waals surface area contributed by atoms with Crippen molar-refractivity contribution in [3.05, 3.63) is 58.4 Å². The molecule has 12 heteroatoms. The van der Waals surface area contributed by atoms with Gasteiger partial charge in [-0.25, -0.2) is 8.42 Å². The molecule has 3 rings (SSSR count). The number of aromatic nitrogens is 1. The summed E-state index contributed by atoms with van der Waals surface area (Å²) in [6, 6.07) is 6.50. The van der Waals surface area contributed by atoms with Crippen molar-refractivity contribution in [2.24, 2.45) is 0 Å². The molecule has 1 aromatic heterocycles. The van der Waals surface area contributed by atoms with Gasteiger partial charge in [0.2, 0.25) is 15.9 Å². The van der Waals surface area contributed by atoms with Crippen molar-refractivity contribution in [1.29, 1.82) is 0 Å². The van der Waals surface area contributed by atoms with Crippen molar-refractivity contribution >= 4 is 33.2 Å². The van der Waals surface area contributed by atoms with Crippen LogP contribution in [0.1, 0.15) is 10.4 Å². The number of hydrogen-bond donors (Lipinski definition) is 2. The molecule has 2 N–H and O–H groups in total. The highest BCUT2D eigenvalue weighted by atomic mass is 32.2. The van der Waals surface area contributed by atoms with E-state index in [4.69, 9.17) is 0 Å². The molecule has 1 aliphatic heterocycles. The molecule has 146 valence electrons. The number of carbonyl (C=O) groups excluding carboxylic acids is 2. The molecule has 2 aromatic rings. The minimum absolute atomic E-state index is 0.00588. The molecule has 1 fully saturated rings. The maximum Gasteiger partial charge on any atom is 0.310 e. The number of anilines is 1. The summed E-state index contributed by atoms with van der Waals surface area (Å²) in [5, 5.41) is 15.9. The fourth-order valence-electron chi connectivity index (χ4n) is 2.60. The van der Waals surface area contributed by atoms with Gasteiger partial charge in [-0.05, 0) is 24.3 Å². The van der Waals surface area contributed by atoms with Crippen molar-refractivity contribution < 1.29 is 22.9 Å². The number of sulfonamides is 1. The first-order valence-corrected chi connectivity index (χ1v) is 9.50. The molecule has 0 unspecified atom stereocenters. The monoisotopic (exact) mass is 405 g/mol. The average molecular weight is 405 g/mol. The molecule has 1 aromatic carbocycles. The second kappa shape index (κ2) is 7.70. The van der Waals surface area contributed by atoms with Crippen LogP contribution in [0.4, 0.5) is 11.4 Å². The molecule has 11 nitrogen and oxygen atoms in total. The molecule has 2 heterocycles. The van der Waals surface area contributed by atoms with Crippen LogP contribution in [-0.4, -0.2) is 54.1 Å². The van der Waals surface area contributed by atoms with Gasteiger partial charge in [0.25, 0.3) is 5.91 Å². The molecule has 0 aliphatic carbocycles. The number of pyridine rings is 1. The Balaban J connectivity index is 1.86. The minimum atomic E-state index is -3.97. The highest BCUT2D eigenvalue weighted by Gasteiger charge is 2.29. The molecule has 0 saturated carbocycles. The number of amides is 2. The Labute approximate surface area is 159 Å². The maximum atomic E-state index is 12.7. The summed E-state index contributed by atoms with van der Waals surface area (Å²) in [4.78, 5) is 37.8. The highest BCUT2D eigenvalue weighted by molar-refractivity contribution is 7.89. The van der Waals surface area contributed by atoms with Crippen LogP contribution in [0.25, 0.3) is 0 Å². The third-order valence-corrected chi connectivity index (χ3v) is 5.82. The Morgan fingerprint density at radius 3 is 2.82 bits per heavy atom. The van der Waals surface area contributed by atoms with Crippen molar-refractivity contribution in [2.75, 3.05) is 25.0 Å². The molecule has 1 saturated heterocycles. The molecular formula is C16H15N5O6S. The summed E-state index contributed by atoms with van der Waals surface area (Å²) in [5.74, 6) is -1.13. The summed E-state index contributed by atoms with van der Waals surface area (Å²) < 4.78 is 26.5. The lowest BCUT2D eigenvalue weighted by atomic mass is 10.2. The molecule has 0 spiro atoms. The van der Waals surface area contributed by atoms with E-state index in [1.165, 1.54) is 30.5 Å². The number of carbonyl (C=O) groups is 2. The van der Waals surface area contributed by atoms with Gasteiger partial charge in [-0.1, -0.05) is 6.07 Å². The lowest BCUT2D eigenvalue weighted by molar-refractivity contribution is -0.384. The van der Waals surface area contributed by atoms with Gasteiger partial charge < -0.3 is 10.6 Å². The number of nitro groups is 1. The SMILES string of the molecule is O=C1CN(S(=O)(=O)c2cccc(C(=O)Nc3ccncc3[N+](=O)[O-])c2)CCN1. The van der Waals surface area contributed by atoms with Gasteiger partial charge in [0.05, 0.1) is 16.4 Å². The zero-order valence-electron chi connectivity index (χ0n) is 14.4. The Morgan fingerprint density at radius 2 is 2.11 bits per heavy atom. The smallest absolute Gasteiger partial charge is 0.310 e. The third kappa shape index (κ3) is 3.97. The number of nitrogens with one attached hydrogen (secondary N) is 2. The summed E-state index contributed by atoms with van der Waals surface area (Å²) in [6.45, 7) is 0.0135. The first-order chi connectivity index (χ1) is 13.3. The predicted molar refractivity (Wildman–Crippen MR) is 97.1 cm³/mol. The van der Waals surface area contributed by atoms with E-state index in [-0.39, 0.29) is 41.5 Å². The van der Waals surface area contributed by atoms with Gasteiger partial charge in [0.15, 0.2) is 0 Å². The Morgan fingerprint density at radius 1 is 1.32 bits per heavy atom. The van der Waals surface area contributed by atoms with Crippen LogP contribution in [0.3, 0.4) is 0 Å². The number of nitrogens with zero attached hydrogens (tertiary/aromatic N) is 3. The maximum absolute atomic E-state index is 12.7. The highest BCUT2D eigenvalue weighted by Crippen LogP contribution is 2.23. The zero-order chi connectivity index (χ0) is 20.3. The van der Waals surface area contributed by atoms with Gasteiger partial charge in [0.1, 0.15) is 11.9 Å². The molecule has 1 aliphatic rings. The third-order valence-electron chi connectivity index (χ3n) is 3.98. The Hall–Kier alpha value is -3.38. The van der Waals surface area contributed by atoms with Crippen LogP contribution in [0.5, 0.6) is 0 Å². The number of rotatable bonds is 5. The van der Waals surface area contributed by atoms with Gasteiger partial charge in [-0.15, -0.1) is 0 Å². The molecule has 0 radical (unpaired) electrons. The average Bonchev–Trinajstić information content (AvgIpc) is 2.68. The largest absolute Gasteiger partial charge is 0.354 e. The van der Waals surface area contributed by atoms with Gasteiger partial charge >= 0.3 is 5.69 Å². The van der Waals surface area contributed by atoms with E-state index >= 15 is 0 Å². The zero-order valence-corrected chi connectivity index (χ0v) is 15.2. The molecule has 0 atom stereocenters. The van der Waals surface area contributed by atoms with Crippen LogP contribution in [0.2, 0.25) is 0 Å². The van der Waals surface area contributed by atoms with E-state index in [1.807, 2.05) is 0 Å². The normalized spacial score (nSPS) is 14.9. The van der Waals surface area contributed by atoms with Crippen molar-refractivity contribution in [2.45, 2.75) is 4.90 Å². The molecule has 2 amide bonds.